The van der Waals surface area contributed by atoms with E-state index >= 15 is 0 Å². The van der Waals surface area contributed by atoms with Crippen molar-refractivity contribution in [2.24, 2.45) is 5.73 Å². The van der Waals surface area contributed by atoms with Crippen LogP contribution in [0.4, 0.5) is 8.78 Å². The van der Waals surface area contributed by atoms with Gasteiger partial charge in [-0.05, 0) is 31.0 Å². The number of Topliss-reactive ketones (excluding diaryl/α,β-unsaturated/α-hetero) is 1. The lowest BCUT2D eigenvalue weighted by Crippen LogP contribution is -2.38. The Morgan fingerprint density at radius 3 is 2.47 bits per heavy atom. The summed E-state index contributed by atoms with van der Waals surface area (Å²) in [6.45, 7) is 0. The Morgan fingerprint density at radius 1 is 1.24 bits per heavy atom. The Bertz CT molecular complexity index is 439. The largest absolute Gasteiger partial charge is 0.325 e. The highest BCUT2D eigenvalue weighted by Gasteiger charge is 2.32. The normalized spacial score (nSPS) is 18.3. The van der Waals surface area contributed by atoms with E-state index in [0.29, 0.717) is 0 Å². The fraction of sp³-hybridized carbons (Fsp3) is 0.462. The fourth-order valence-corrected chi connectivity index (χ4v) is 2.35. The van der Waals surface area contributed by atoms with Crippen molar-refractivity contribution in [2.45, 2.75) is 37.6 Å². The molecule has 1 aliphatic carbocycles. The molecule has 2 N–H and O–H groups in total. The van der Waals surface area contributed by atoms with Crippen LogP contribution >= 0.6 is 0 Å². The molecule has 1 aliphatic rings. The number of ketones is 1. The fourth-order valence-electron chi connectivity index (χ4n) is 2.35. The van der Waals surface area contributed by atoms with E-state index in [0.717, 1.165) is 37.8 Å². The molecule has 0 unspecified atom stereocenters. The first-order valence-corrected chi connectivity index (χ1v) is 5.77. The lowest BCUT2D eigenvalue weighted by molar-refractivity contribution is 0.0952. The van der Waals surface area contributed by atoms with Crippen molar-refractivity contribution in [3.05, 3.63) is 35.4 Å². The predicted octanol–water partition coefficient (Wildman–Crippen LogP) is 2.81. The van der Waals surface area contributed by atoms with Crippen LogP contribution in [0.2, 0.25) is 0 Å². The molecule has 92 valence electrons. The smallest absolute Gasteiger partial charge is 0.164 e. The molecule has 1 aromatic rings. The molecule has 0 spiro atoms. The minimum Gasteiger partial charge on any atom is -0.325 e. The zero-order valence-electron chi connectivity index (χ0n) is 9.51. The maximum atomic E-state index is 13.0. The van der Waals surface area contributed by atoms with Crippen LogP contribution < -0.4 is 5.73 Å². The van der Waals surface area contributed by atoms with Gasteiger partial charge in [0.2, 0.25) is 0 Å². The summed E-state index contributed by atoms with van der Waals surface area (Å²) < 4.78 is 25.7. The minimum absolute atomic E-state index is 0.195. The maximum absolute atomic E-state index is 13.0. The molecule has 2 nitrogen and oxygen atoms in total. The number of halogens is 2. The average molecular weight is 239 g/mol. The summed E-state index contributed by atoms with van der Waals surface area (Å²) in [6.07, 6.45) is 3.91. The van der Waals surface area contributed by atoms with Crippen molar-refractivity contribution in [1.29, 1.82) is 0 Å². The van der Waals surface area contributed by atoms with Crippen molar-refractivity contribution in [3.63, 3.8) is 0 Å². The molecule has 1 saturated carbocycles. The molecule has 0 bridgehead atoms. The molecule has 17 heavy (non-hydrogen) atoms. The molecule has 1 aromatic carbocycles. The van der Waals surface area contributed by atoms with E-state index in [1.165, 1.54) is 6.07 Å². The van der Waals surface area contributed by atoms with Crippen LogP contribution in [0.1, 0.15) is 42.5 Å². The number of carbonyl (C=O) groups is 1. The highest BCUT2D eigenvalue weighted by atomic mass is 19.2. The first-order chi connectivity index (χ1) is 8.00. The van der Waals surface area contributed by atoms with E-state index in [1.807, 2.05) is 0 Å². The first-order valence-electron chi connectivity index (χ1n) is 5.77. The minimum atomic E-state index is -0.992. The zero-order chi connectivity index (χ0) is 12.5. The van der Waals surface area contributed by atoms with E-state index < -0.39 is 17.2 Å². The predicted molar refractivity (Wildman–Crippen MR) is 60.7 cm³/mol. The molecule has 0 aromatic heterocycles. The van der Waals surface area contributed by atoms with Gasteiger partial charge in [-0.3, -0.25) is 4.79 Å². The van der Waals surface area contributed by atoms with Gasteiger partial charge < -0.3 is 5.73 Å². The van der Waals surface area contributed by atoms with Crippen molar-refractivity contribution in [2.75, 3.05) is 0 Å². The molecule has 4 heteroatoms. The van der Waals surface area contributed by atoms with Gasteiger partial charge in [-0.25, -0.2) is 8.78 Å². The van der Waals surface area contributed by atoms with Crippen molar-refractivity contribution in [1.82, 2.24) is 0 Å². The molecule has 0 saturated heterocycles. The number of nitrogens with two attached hydrogens (primary N) is 1. The zero-order valence-corrected chi connectivity index (χ0v) is 9.51. The van der Waals surface area contributed by atoms with Gasteiger partial charge in [0.05, 0.1) is 0 Å². The summed E-state index contributed by atoms with van der Waals surface area (Å²) in [5.74, 6) is -2.15. The van der Waals surface area contributed by atoms with Gasteiger partial charge in [0.15, 0.2) is 17.4 Å². The molecule has 0 atom stereocenters. The standard InChI is InChI=1S/C13H15F2NO/c14-10-4-3-9(7-11(10)15)12(17)8-13(16)5-1-2-6-13/h3-4,7H,1-2,5-6,8,16H2. The maximum Gasteiger partial charge on any atom is 0.164 e. The van der Waals surface area contributed by atoms with Gasteiger partial charge in [0.25, 0.3) is 0 Å². The Balaban J connectivity index is 2.11. The monoisotopic (exact) mass is 239 g/mol. The van der Waals surface area contributed by atoms with Gasteiger partial charge in [0, 0.05) is 17.5 Å². The Hall–Kier alpha value is -1.29. The van der Waals surface area contributed by atoms with Crippen LogP contribution in [0.3, 0.4) is 0 Å². The molecular weight excluding hydrogens is 224 g/mol. The second kappa shape index (κ2) is 4.53. The molecule has 0 radical (unpaired) electrons. The van der Waals surface area contributed by atoms with Crippen molar-refractivity contribution in [3.8, 4) is 0 Å². The van der Waals surface area contributed by atoms with Gasteiger partial charge in [-0.15, -0.1) is 0 Å². The van der Waals surface area contributed by atoms with E-state index in [1.54, 1.807) is 0 Å². The number of benzene rings is 1. The summed E-state index contributed by atoms with van der Waals surface area (Å²) in [5, 5.41) is 0. The summed E-state index contributed by atoms with van der Waals surface area (Å²) in [6, 6.07) is 3.22. The number of rotatable bonds is 3. The Labute approximate surface area is 98.8 Å². The quantitative estimate of drug-likeness (QED) is 0.824. The third-order valence-electron chi connectivity index (χ3n) is 3.35. The average Bonchev–Trinajstić information content (AvgIpc) is 2.69. The first kappa shape index (κ1) is 12.2. The summed E-state index contributed by atoms with van der Waals surface area (Å²) >= 11 is 0. The van der Waals surface area contributed by atoms with Crippen molar-refractivity contribution < 1.29 is 13.6 Å². The van der Waals surface area contributed by atoms with E-state index in [2.05, 4.69) is 0 Å². The van der Waals surface area contributed by atoms with Crippen LogP contribution in [-0.2, 0) is 0 Å². The third-order valence-corrected chi connectivity index (χ3v) is 3.35. The van der Waals surface area contributed by atoms with Crippen LogP contribution in [0, 0.1) is 11.6 Å². The number of carbonyl (C=O) groups excluding carboxylic acids is 1. The summed E-state index contributed by atoms with van der Waals surface area (Å²) in [7, 11) is 0. The van der Waals surface area contributed by atoms with Gasteiger partial charge in [-0.2, -0.15) is 0 Å². The topological polar surface area (TPSA) is 43.1 Å². The molecule has 2 rings (SSSR count). The molecule has 0 heterocycles. The number of hydrogen-bond acceptors (Lipinski definition) is 2. The molecular formula is C13H15F2NO. The third kappa shape index (κ3) is 2.69. The van der Waals surface area contributed by atoms with Crippen LogP contribution in [0.5, 0.6) is 0 Å². The number of hydrogen-bond donors (Lipinski definition) is 1. The van der Waals surface area contributed by atoms with E-state index in [9.17, 15) is 13.6 Å². The lowest BCUT2D eigenvalue weighted by Gasteiger charge is -2.22. The van der Waals surface area contributed by atoms with E-state index in [-0.39, 0.29) is 17.8 Å². The summed E-state index contributed by atoms with van der Waals surface area (Å²) in [4.78, 5) is 11.9. The van der Waals surface area contributed by atoms with Gasteiger partial charge in [-0.1, -0.05) is 12.8 Å². The Kier molecular flexibility index (Phi) is 3.24. The molecule has 1 fully saturated rings. The molecule has 0 aliphatic heterocycles. The SMILES string of the molecule is NC1(CC(=O)c2ccc(F)c(F)c2)CCCC1. The van der Waals surface area contributed by atoms with Gasteiger partial charge in [0.1, 0.15) is 0 Å². The second-order valence-electron chi connectivity index (χ2n) is 4.80. The second-order valence-corrected chi connectivity index (χ2v) is 4.80. The van der Waals surface area contributed by atoms with Crippen LogP contribution in [0.25, 0.3) is 0 Å². The highest BCUT2D eigenvalue weighted by molar-refractivity contribution is 5.96. The van der Waals surface area contributed by atoms with Crippen LogP contribution in [0.15, 0.2) is 18.2 Å². The highest BCUT2D eigenvalue weighted by Crippen LogP contribution is 2.31. The molecule has 0 amide bonds. The Morgan fingerprint density at radius 2 is 1.88 bits per heavy atom. The van der Waals surface area contributed by atoms with Gasteiger partial charge >= 0.3 is 0 Å². The lowest BCUT2D eigenvalue weighted by atomic mass is 9.90. The summed E-state index contributed by atoms with van der Waals surface area (Å²) in [5.41, 5.74) is 5.82. The van der Waals surface area contributed by atoms with Crippen molar-refractivity contribution >= 4 is 5.78 Å². The van der Waals surface area contributed by atoms with Crippen LogP contribution in [-0.4, -0.2) is 11.3 Å². The van der Waals surface area contributed by atoms with E-state index in [4.69, 9.17) is 5.73 Å².